The fourth-order valence-electron chi connectivity index (χ4n) is 3.76. The molecule has 1 aromatic carbocycles. The van der Waals surface area contributed by atoms with E-state index in [2.05, 4.69) is 10.2 Å². The van der Waals surface area contributed by atoms with Gasteiger partial charge in [-0.15, -0.1) is 0 Å². The molecule has 3 heterocycles. The third-order valence-corrected chi connectivity index (χ3v) is 5.20. The van der Waals surface area contributed by atoms with E-state index in [1.807, 2.05) is 0 Å². The van der Waals surface area contributed by atoms with Gasteiger partial charge in [0.1, 0.15) is 11.3 Å². The average Bonchev–Trinajstić information content (AvgIpc) is 2.93. The van der Waals surface area contributed by atoms with Gasteiger partial charge in [-0.1, -0.05) is 18.2 Å². The molecule has 5 rings (SSSR count). The minimum atomic E-state index is -0.394. The van der Waals surface area contributed by atoms with Crippen LogP contribution in [0, 0.1) is 17.7 Å². The van der Waals surface area contributed by atoms with E-state index in [-0.39, 0.29) is 34.6 Å². The van der Waals surface area contributed by atoms with Crippen molar-refractivity contribution in [3.63, 3.8) is 0 Å². The molecule has 128 valence electrons. The molecule has 2 aromatic heterocycles. The van der Waals surface area contributed by atoms with Gasteiger partial charge in [-0.2, -0.15) is 5.10 Å². The Labute approximate surface area is 140 Å². The Balaban J connectivity index is 1.57. The van der Waals surface area contributed by atoms with Crippen LogP contribution in [0.2, 0.25) is 0 Å². The molecule has 2 aliphatic rings. The van der Waals surface area contributed by atoms with Crippen LogP contribution in [0.3, 0.4) is 0 Å². The minimum Gasteiger partial charge on any atom is -0.381 e. The highest BCUT2D eigenvalue weighted by atomic mass is 19.1. The largest absolute Gasteiger partial charge is 0.381 e. The Hall–Kier alpha value is -2.74. The molecule has 1 unspecified atom stereocenters. The standard InChI is InChI=1S/C17H15FN4O3/c18-13-4-2-1-3-9(13)6-21-16(23)10-5-19-22(17(24)14(10)20-21)15-11-7-25-8-12(11)15/h1-5,11-12,15,20H,6-8H2/t11-,12+,15?. The van der Waals surface area contributed by atoms with Crippen LogP contribution in [0.4, 0.5) is 4.39 Å². The van der Waals surface area contributed by atoms with Gasteiger partial charge in [0.15, 0.2) is 0 Å². The van der Waals surface area contributed by atoms with Crippen LogP contribution in [0.1, 0.15) is 11.6 Å². The highest BCUT2D eigenvalue weighted by molar-refractivity contribution is 5.75. The van der Waals surface area contributed by atoms with Crippen LogP contribution < -0.4 is 11.1 Å². The van der Waals surface area contributed by atoms with Crippen molar-refractivity contribution in [1.82, 2.24) is 19.6 Å². The predicted octanol–water partition coefficient (Wildman–Crippen LogP) is 0.891. The zero-order valence-corrected chi connectivity index (χ0v) is 13.2. The molecule has 0 bridgehead atoms. The Morgan fingerprint density at radius 2 is 1.96 bits per heavy atom. The summed E-state index contributed by atoms with van der Waals surface area (Å²) in [6.45, 7) is 1.32. The van der Waals surface area contributed by atoms with Crippen LogP contribution in [0.5, 0.6) is 0 Å². The second-order valence-electron chi connectivity index (χ2n) is 6.63. The zero-order valence-electron chi connectivity index (χ0n) is 13.2. The van der Waals surface area contributed by atoms with Gasteiger partial charge in [0.25, 0.3) is 11.1 Å². The van der Waals surface area contributed by atoms with Gasteiger partial charge in [0.2, 0.25) is 0 Å². The second kappa shape index (κ2) is 5.13. The Bertz CT molecular complexity index is 1090. The van der Waals surface area contributed by atoms with Crippen LogP contribution in [0.15, 0.2) is 40.1 Å². The molecule has 0 radical (unpaired) electrons. The van der Waals surface area contributed by atoms with E-state index in [9.17, 15) is 14.0 Å². The van der Waals surface area contributed by atoms with E-state index in [1.165, 1.54) is 21.6 Å². The van der Waals surface area contributed by atoms with E-state index in [0.29, 0.717) is 30.6 Å². The molecule has 25 heavy (non-hydrogen) atoms. The summed E-state index contributed by atoms with van der Waals surface area (Å²) in [5.74, 6) is 0.263. The normalized spacial score (nSPS) is 24.6. The van der Waals surface area contributed by atoms with Crippen molar-refractivity contribution in [2.24, 2.45) is 11.8 Å². The molecule has 0 amide bonds. The molecule has 1 aliphatic carbocycles. The zero-order chi connectivity index (χ0) is 17.1. The number of ether oxygens (including phenoxy) is 1. The number of H-pyrrole nitrogens is 1. The van der Waals surface area contributed by atoms with Gasteiger partial charge in [-0.3, -0.25) is 14.7 Å². The molecule has 0 spiro atoms. The third kappa shape index (κ3) is 2.10. The lowest BCUT2D eigenvalue weighted by Crippen LogP contribution is -2.24. The molecule has 1 aliphatic heterocycles. The van der Waals surface area contributed by atoms with Gasteiger partial charge >= 0.3 is 0 Å². The monoisotopic (exact) mass is 342 g/mol. The molecule has 3 aromatic rings. The number of halogens is 1. The minimum absolute atomic E-state index is 0.0299. The summed E-state index contributed by atoms with van der Waals surface area (Å²) in [4.78, 5) is 25.2. The molecule has 2 fully saturated rings. The van der Waals surface area contributed by atoms with E-state index in [1.54, 1.807) is 18.2 Å². The molecular formula is C17H15FN4O3. The van der Waals surface area contributed by atoms with Crippen LogP contribution in [0.25, 0.3) is 10.9 Å². The molecule has 1 N–H and O–H groups in total. The van der Waals surface area contributed by atoms with Crippen molar-refractivity contribution in [1.29, 1.82) is 0 Å². The predicted molar refractivity (Wildman–Crippen MR) is 87.0 cm³/mol. The Morgan fingerprint density at radius 3 is 2.72 bits per heavy atom. The summed E-state index contributed by atoms with van der Waals surface area (Å²) in [6.07, 6.45) is 1.42. The number of nitrogens with one attached hydrogen (secondary N) is 1. The molecule has 1 saturated carbocycles. The van der Waals surface area contributed by atoms with Crippen molar-refractivity contribution in [3.8, 4) is 0 Å². The number of aromatic amines is 1. The highest BCUT2D eigenvalue weighted by Crippen LogP contribution is 2.53. The van der Waals surface area contributed by atoms with Crippen LogP contribution in [-0.4, -0.2) is 32.8 Å². The lowest BCUT2D eigenvalue weighted by molar-refractivity contribution is 0.149. The first-order valence-corrected chi connectivity index (χ1v) is 8.16. The lowest BCUT2D eigenvalue weighted by atomic mass is 10.2. The molecule has 1 saturated heterocycles. The fourth-order valence-corrected chi connectivity index (χ4v) is 3.76. The van der Waals surface area contributed by atoms with Gasteiger partial charge in [0, 0.05) is 17.4 Å². The second-order valence-corrected chi connectivity index (χ2v) is 6.63. The van der Waals surface area contributed by atoms with Gasteiger partial charge in [-0.25, -0.2) is 13.8 Å². The molecular weight excluding hydrogens is 327 g/mol. The maximum atomic E-state index is 13.8. The first-order valence-electron chi connectivity index (χ1n) is 8.16. The Morgan fingerprint density at radius 1 is 1.20 bits per heavy atom. The van der Waals surface area contributed by atoms with Crippen molar-refractivity contribution < 1.29 is 9.13 Å². The van der Waals surface area contributed by atoms with Gasteiger partial charge < -0.3 is 4.74 Å². The summed E-state index contributed by atoms with van der Waals surface area (Å²) in [6, 6.07) is 6.28. The van der Waals surface area contributed by atoms with E-state index < -0.39 is 5.82 Å². The van der Waals surface area contributed by atoms with E-state index in [0.717, 1.165) is 0 Å². The number of benzene rings is 1. The van der Waals surface area contributed by atoms with E-state index >= 15 is 0 Å². The van der Waals surface area contributed by atoms with Crippen LogP contribution in [-0.2, 0) is 11.3 Å². The fraction of sp³-hybridized carbons (Fsp3) is 0.353. The number of rotatable bonds is 3. The summed E-state index contributed by atoms with van der Waals surface area (Å²) in [5, 5.41) is 7.24. The van der Waals surface area contributed by atoms with Crippen molar-refractivity contribution >= 4 is 10.9 Å². The van der Waals surface area contributed by atoms with Gasteiger partial charge in [0.05, 0.1) is 37.4 Å². The number of hydrogen-bond acceptors (Lipinski definition) is 4. The third-order valence-electron chi connectivity index (χ3n) is 5.20. The quantitative estimate of drug-likeness (QED) is 0.766. The maximum Gasteiger partial charge on any atom is 0.293 e. The molecule has 8 heteroatoms. The molecule has 7 nitrogen and oxygen atoms in total. The highest BCUT2D eigenvalue weighted by Gasteiger charge is 2.56. The molecule has 3 atom stereocenters. The maximum absolute atomic E-state index is 13.8. The Kier molecular flexibility index (Phi) is 2.99. The topological polar surface area (TPSA) is 81.9 Å². The lowest BCUT2D eigenvalue weighted by Gasteiger charge is -2.06. The first kappa shape index (κ1) is 14.6. The first-order chi connectivity index (χ1) is 12.1. The SMILES string of the molecule is O=c1c2[nH]n(Cc3ccccc3F)c(=O)c2cnn1C1[C@H]2COC[C@@H]12. The van der Waals surface area contributed by atoms with Gasteiger partial charge in [-0.05, 0) is 6.07 Å². The van der Waals surface area contributed by atoms with Crippen molar-refractivity contribution in [2.45, 2.75) is 12.6 Å². The number of fused-ring (bicyclic) bond motifs is 2. The summed E-state index contributed by atoms with van der Waals surface area (Å²) in [5.41, 5.74) is -0.115. The smallest absolute Gasteiger partial charge is 0.293 e. The summed E-state index contributed by atoms with van der Waals surface area (Å²) in [7, 11) is 0. The van der Waals surface area contributed by atoms with Crippen molar-refractivity contribution in [3.05, 3.63) is 62.6 Å². The number of hydrogen-bond donors (Lipinski definition) is 1. The van der Waals surface area contributed by atoms with Crippen LogP contribution >= 0.6 is 0 Å². The average molecular weight is 342 g/mol. The summed E-state index contributed by atoms with van der Waals surface area (Å²) >= 11 is 0. The van der Waals surface area contributed by atoms with E-state index in [4.69, 9.17) is 4.74 Å². The number of aromatic nitrogens is 4. The number of nitrogens with zero attached hydrogens (tertiary/aromatic N) is 3. The summed E-state index contributed by atoms with van der Waals surface area (Å²) < 4.78 is 21.9. The van der Waals surface area contributed by atoms with Crippen molar-refractivity contribution in [2.75, 3.05) is 13.2 Å².